The second-order valence-corrected chi connectivity index (χ2v) is 37.4. The summed E-state index contributed by atoms with van der Waals surface area (Å²) in [5.74, 6) is -5.03. The molecule has 686 valence electrons. The molecule has 0 aliphatic carbocycles. The molecule has 0 spiro atoms. The highest BCUT2D eigenvalue weighted by Gasteiger charge is 2.46. The van der Waals surface area contributed by atoms with Gasteiger partial charge in [-0.1, -0.05) is 42.9 Å². The number of methoxy groups -OCH3 is 1. The third-order valence-corrected chi connectivity index (χ3v) is 28.9. The van der Waals surface area contributed by atoms with Crippen molar-refractivity contribution in [2.45, 2.75) is 142 Å². The number of amides is 3. The monoisotopic (exact) mass is 1890 g/mol. The van der Waals surface area contributed by atoms with Crippen molar-refractivity contribution in [1.29, 1.82) is 0 Å². The van der Waals surface area contributed by atoms with E-state index in [0.29, 0.717) is 84.4 Å². The maximum atomic E-state index is 15.3. The number of likely N-dealkylation sites (tertiary alicyclic amines) is 2. The maximum absolute atomic E-state index is 15.3. The number of carbonyl (C=O) groups excluding carboxylic acids is 3. The Bertz CT molecular complexity index is 6160. The zero-order chi connectivity index (χ0) is 92.7. The molecule has 0 radical (unpaired) electrons. The van der Waals surface area contributed by atoms with Crippen LogP contribution in [0.3, 0.4) is 0 Å². The summed E-state index contributed by atoms with van der Waals surface area (Å²) in [6.07, 6.45) is -6.09. The van der Waals surface area contributed by atoms with E-state index >= 15 is 13.2 Å². The minimum Gasteiger partial charge on any atom is -0.383 e. The predicted molar refractivity (Wildman–Crippen MR) is 475 cm³/mol. The second-order valence-electron chi connectivity index (χ2n) is 33.5. The molecule has 5 saturated heterocycles. The molecule has 11 heterocycles. The van der Waals surface area contributed by atoms with Crippen molar-refractivity contribution in [3.05, 3.63) is 192 Å². The summed E-state index contributed by atoms with van der Waals surface area (Å²) in [5, 5.41) is 4.18. The number of piperazine rings is 3. The molecule has 17 rings (SSSR count). The Morgan fingerprint density at radius 3 is 1.27 bits per heavy atom. The van der Waals surface area contributed by atoms with E-state index in [1.165, 1.54) is 45.2 Å². The van der Waals surface area contributed by atoms with Gasteiger partial charge in [-0.15, -0.1) is 35.3 Å². The van der Waals surface area contributed by atoms with Gasteiger partial charge in [0.1, 0.15) is 58.5 Å². The lowest BCUT2D eigenvalue weighted by molar-refractivity contribution is -0.138. The van der Waals surface area contributed by atoms with Gasteiger partial charge in [-0.05, 0) is 128 Å². The number of halogens is 15. The summed E-state index contributed by atoms with van der Waals surface area (Å²) in [7, 11) is 1.61. The fourth-order valence-electron chi connectivity index (χ4n) is 19.0. The molecule has 6 aromatic carbocycles. The molecule has 5 fully saturated rings. The Morgan fingerprint density at radius 2 is 0.884 bits per heavy atom. The lowest BCUT2D eigenvalue weighted by Crippen LogP contribution is -2.59. The first-order valence-electron chi connectivity index (χ1n) is 41.7. The van der Waals surface area contributed by atoms with E-state index in [2.05, 4.69) is 44.9 Å². The molecule has 1 N–H and O–H groups in total. The normalized spacial score (nSPS) is 22.0. The fourth-order valence-corrected chi connectivity index (χ4v) is 23.5. The third-order valence-electron chi connectivity index (χ3n) is 24.6. The molecule has 9 aromatic rings. The van der Waals surface area contributed by atoms with Crippen LogP contribution < -0.4 is 37.1 Å². The van der Waals surface area contributed by atoms with Crippen molar-refractivity contribution < 1.29 is 76.2 Å². The van der Waals surface area contributed by atoms with Gasteiger partial charge in [0.05, 0.1) is 56.4 Å². The van der Waals surface area contributed by atoms with Crippen molar-refractivity contribution in [3.63, 3.8) is 0 Å². The Labute approximate surface area is 755 Å². The van der Waals surface area contributed by atoms with Gasteiger partial charge in [-0.2, -0.15) is 41.3 Å². The van der Waals surface area contributed by atoms with Crippen molar-refractivity contribution in [3.8, 4) is 33.4 Å². The van der Waals surface area contributed by atoms with E-state index in [1.807, 2.05) is 37.5 Å². The number of alkyl halides is 7. The van der Waals surface area contributed by atoms with Crippen LogP contribution in [0.1, 0.15) is 71.2 Å². The van der Waals surface area contributed by atoms with Crippen molar-refractivity contribution in [2.24, 2.45) is 0 Å². The van der Waals surface area contributed by atoms with Crippen LogP contribution in [0.4, 0.5) is 74.5 Å². The van der Waals surface area contributed by atoms with Crippen LogP contribution in [0, 0.1) is 34.9 Å². The number of hydrogen-bond acceptors (Lipinski definition) is 19. The van der Waals surface area contributed by atoms with Crippen molar-refractivity contribution >= 4 is 126 Å². The number of nitrogens with zero attached hydrogens (tertiary/aromatic N) is 14. The van der Waals surface area contributed by atoms with Crippen LogP contribution in [0.2, 0.25) is 10.0 Å². The summed E-state index contributed by atoms with van der Waals surface area (Å²) >= 11 is 16.6. The Kier molecular flexibility index (Phi) is 27.3. The Hall–Kier alpha value is -9.67. The summed E-state index contributed by atoms with van der Waals surface area (Å²) < 4.78 is 199. The van der Waals surface area contributed by atoms with Crippen molar-refractivity contribution in [1.82, 2.24) is 58.5 Å². The van der Waals surface area contributed by atoms with Gasteiger partial charge in [0.25, 0.3) is 0 Å². The first-order valence-corrected chi connectivity index (χ1v) is 45.5. The number of anilines is 3. The summed E-state index contributed by atoms with van der Waals surface area (Å²) in [4.78, 5) is 107. The van der Waals surface area contributed by atoms with Gasteiger partial charge < -0.3 is 44.4 Å². The number of ether oxygens (including phenoxy) is 1. The zero-order valence-corrected chi connectivity index (χ0v) is 74.9. The quantitative estimate of drug-likeness (QED) is 0.0390. The number of benzene rings is 6. The van der Waals surface area contributed by atoms with E-state index in [4.69, 9.17) is 27.9 Å². The van der Waals surface area contributed by atoms with Gasteiger partial charge in [0, 0.05) is 228 Å². The molecule has 40 heteroatoms. The van der Waals surface area contributed by atoms with Crippen LogP contribution >= 0.6 is 58.5 Å². The fraction of sp³-hybridized carbons (Fsp3) is 0.427. The SMILES string of the molecule is C=CC(=O)N1[C@H](C)CN(c2nc(=O)n3c4c(c(-c5cc(Cl)c(F)cc5F)c(Cl)cc24)SCC(NCCOC)C3)C[C@@H]1C.C=CC(=O)N1[C@H](C)CN(c2nc(=O)n3c4c(c(-c5ccc(F)cc5F)c(C(F)(F)F)cc24)SCC3CN2CC(F)C2)C[C@@H]1C.C=CC(=O)N1[C@H](C)CN(c2nc(=O)n3c4c(c(-c5ccc(F)cc5F)c(C(F)(F)F)cc24)SCC3CN2CCC2)C[C@@H]1C. The minimum absolute atomic E-state index is 0.0255. The number of nitrogens with one attached hydrogen (secondary N) is 1. The Balaban J connectivity index is 0.000000149. The molecule has 0 bridgehead atoms. The highest BCUT2D eigenvalue weighted by atomic mass is 35.5. The van der Waals surface area contributed by atoms with E-state index in [1.54, 1.807) is 56.1 Å². The smallest absolute Gasteiger partial charge is 0.383 e. The molecule has 9 atom stereocenters. The first-order chi connectivity index (χ1) is 61.2. The minimum atomic E-state index is -4.94. The molecule has 8 aliphatic rings. The Morgan fingerprint density at radius 1 is 0.488 bits per heavy atom. The second kappa shape index (κ2) is 37.5. The molecular weight excluding hydrogens is 1810 g/mol. The molecule has 3 amide bonds. The third kappa shape index (κ3) is 18.2. The molecule has 22 nitrogen and oxygen atoms in total. The van der Waals surface area contributed by atoms with Crippen LogP contribution in [0.5, 0.6) is 0 Å². The number of hydrogen-bond donors (Lipinski definition) is 1. The highest BCUT2D eigenvalue weighted by Crippen LogP contribution is 2.54. The van der Waals surface area contributed by atoms with E-state index < -0.39 is 110 Å². The van der Waals surface area contributed by atoms with Gasteiger partial charge in [0.15, 0.2) is 0 Å². The average Bonchev–Trinajstić information content (AvgIpc) is 1.12. The van der Waals surface area contributed by atoms with Crippen LogP contribution in [-0.2, 0) is 38.0 Å². The summed E-state index contributed by atoms with van der Waals surface area (Å²) in [6, 6.07) is 7.50. The molecule has 129 heavy (non-hydrogen) atoms. The lowest BCUT2D eigenvalue weighted by atomic mass is 9.95. The van der Waals surface area contributed by atoms with Gasteiger partial charge in [-0.25, -0.2) is 45.1 Å². The number of carbonyl (C=O) groups is 3. The maximum Gasteiger partial charge on any atom is 0.417 e. The largest absolute Gasteiger partial charge is 0.417 e. The first kappa shape index (κ1) is 94.0. The average molecular weight is 1900 g/mol. The number of rotatable bonds is 17. The number of aromatic nitrogens is 6. The van der Waals surface area contributed by atoms with Gasteiger partial charge in [-0.3, -0.25) is 33.0 Å². The summed E-state index contributed by atoms with van der Waals surface area (Å²) in [5.41, 5.74) is -4.39. The topological polar surface area (TPSA) is 203 Å². The van der Waals surface area contributed by atoms with E-state index in [9.17, 15) is 72.7 Å². The van der Waals surface area contributed by atoms with Gasteiger partial charge >= 0.3 is 29.4 Å². The standard InChI is InChI=1S/C30H29F6N5O2S.C30H30F5N5O2S.C29H31Cl2F2N5O3S/c1-4-24(42)40-15(2)9-39(10-16(40)3)28-21-8-22(30(34,35)36)25(20-6-5-17(31)7-23(20)33)27-26(21)41(29(43)37-28)19(14-44-27)13-38-11-18(32)12-38;1-4-24(41)39-16(2)12-38(13-17(39)3)28-21-11-22(30(33,34)35)25(20-7-6-18(31)10-23(20)32)27-26(21)40(29(42)36-28)19(15-43-27)14-37-8-5-9-37;1-5-24(39)38-15(2)11-36(12-16(38)3)28-19-9-21(31)25(18-8-20(30)23(33)10-22(18)32)27-26(19)37(29(40)35-28)13-17(14-42-27)34-6-7-41-4/h4-8,15-16,18-19H,1,9-14H2,2-3H3;4,6-7,10-11,16-17,19H,1,5,8-9,12-15H2,2-3H3;5,8-10,15-17,34H,1,6-7,11-14H2,2-4H3/t15-,16+,19?;16-,17+,19?;15-,16+,17?. The molecule has 3 aromatic heterocycles. The highest BCUT2D eigenvalue weighted by molar-refractivity contribution is 8.00. The van der Waals surface area contributed by atoms with Crippen LogP contribution in [0.25, 0.3) is 66.1 Å². The van der Waals surface area contributed by atoms with Crippen LogP contribution in [-0.4, -0.2) is 235 Å². The molecular formula is C89H90Cl2F13N15O7S3. The van der Waals surface area contributed by atoms with Crippen LogP contribution in [0.15, 0.2) is 134 Å². The summed E-state index contributed by atoms with van der Waals surface area (Å²) in [6.45, 7) is 27.8. The predicted octanol–water partition coefficient (Wildman–Crippen LogP) is 15.6. The zero-order valence-electron chi connectivity index (χ0n) is 70.9. The van der Waals surface area contributed by atoms with E-state index in [0.717, 1.165) is 85.5 Å². The molecule has 3 unspecified atom stereocenters. The molecule has 0 saturated carbocycles. The van der Waals surface area contributed by atoms with Crippen molar-refractivity contribution in [2.75, 3.05) is 131 Å². The van der Waals surface area contributed by atoms with Gasteiger partial charge in [0.2, 0.25) is 17.7 Å². The van der Waals surface area contributed by atoms with E-state index in [-0.39, 0.29) is 182 Å². The lowest BCUT2D eigenvalue weighted by Gasteiger charge is -2.45. The number of thioether (sulfide) groups is 3. The molecule has 8 aliphatic heterocycles.